The third-order valence-electron chi connectivity index (χ3n) is 3.54. The summed E-state index contributed by atoms with van der Waals surface area (Å²) in [6.45, 7) is 2.46. The Morgan fingerprint density at radius 1 is 1.32 bits per heavy atom. The molecule has 96 valence electrons. The Morgan fingerprint density at radius 2 is 2.16 bits per heavy atom. The molecule has 0 N–H and O–H groups in total. The zero-order chi connectivity index (χ0) is 13.2. The number of benzene rings is 1. The predicted octanol–water partition coefficient (Wildman–Crippen LogP) is 2.92. The van der Waals surface area contributed by atoms with Gasteiger partial charge in [0.25, 0.3) is 0 Å². The van der Waals surface area contributed by atoms with Crippen LogP contribution in [0.5, 0.6) is 5.75 Å². The van der Waals surface area contributed by atoms with E-state index >= 15 is 0 Å². The van der Waals surface area contributed by atoms with E-state index in [9.17, 15) is 4.79 Å². The Kier molecular flexibility index (Phi) is 3.03. The van der Waals surface area contributed by atoms with E-state index in [1.807, 2.05) is 19.1 Å². The normalized spacial score (nSPS) is 16.4. The lowest BCUT2D eigenvalue weighted by atomic mass is 9.78. The first-order chi connectivity index (χ1) is 9.28. The minimum absolute atomic E-state index is 0.382. The van der Waals surface area contributed by atoms with E-state index < -0.39 is 0 Å². The van der Waals surface area contributed by atoms with Crippen LogP contribution < -0.4 is 4.74 Å². The van der Waals surface area contributed by atoms with Crippen LogP contribution in [-0.2, 0) is 6.42 Å². The third kappa shape index (κ3) is 2.24. The number of ether oxygens (including phenoxy) is 1. The monoisotopic (exact) mass is 253 g/mol. The molecule has 0 fully saturated rings. The molecule has 2 aromatic rings. The van der Waals surface area contributed by atoms with E-state index in [-0.39, 0.29) is 0 Å². The summed E-state index contributed by atoms with van der Waals surface area (Å²) in [7, 11) is 0. The fourth-order valence-corrected chi connectivity index (χ4v) is 2.47. The van der Waals surface area contributed by atoms with Crippen LogP contribution in [-0.4, -0.2) is 17.9 Å². The molecule has 0 aliphatic heterocycles. The van der Waals surface area contributed by atoms with Crippen molar-refractivity contribution >= 4 is 6.29 Å². The molecule has 0 amide bonds. The van der Waals surface area contributed by atoms with Crippen molar-refractivity contribution in [3.63, 3.8) is 0 Å². The first-order valence-corrected chi connectivity index (χ1v) is 6.41. The Balaban J connectivity index is 1.70. The van der Waals surface area contributed by atoms with Gasteiger partial charge in [0.1, 0.15) is 11.4 Å². The summed E-state index contributed by atoms with van der Waals surface area (Å²) in [5.41, 5.74) is 3.96. The topological polar surface area (TPSA) is 39.2 Å². The molecule has 0 saturated heterocycles. The van der Waals surface area contributed by atoms with Crippen LogP contribution in [0, 0.1) is 6.92 Å². The van der Waals surface area contributed by atoms with Gasteiger partial charge in [-0.05, 0) is 36.6 Å². The van der Waals surface area contributed by atoms with Crippen molar-refractivity contribution in [1.82, 2.24) is 4.98 Å². The van der Waals surface area contributed by atoms with Gasteiger partial charge in [0.2, 0.25) is 0 Å². The van der Waals surface area contributed by atoms with E-state index in [4.69, 9.17) is 4.74 Å². The summed E-state index contributed by atoms with van der Waals surface area (Å²) in [5.74, 6) is 1.00. The molecule has 1 aromatic carbocycles. The van der Waals surface area contributed by atoms with E-state index in [1.165, 1.54) is 11.1 Å². The van der Waals surface area contributed by atoms with Crippen molar-refractivity contribution in [3.8, 4) is 5.75 Å². The van der Waals surface area contributed by atoms with Crippen LogP contribution in [0.2, 0.25) is 0 Å². The molecule has 19 heavy (non-hydrogen) atoms. The van der Waals surface area contributed by atoms with Gasteiger partial charge >= 0.3 is 0 Å². The van der Waals surface area contributed by atoms with Gasteiger partial charge in [-0.15, -0.1) is 0 Å². The Bertz CT molecular complexity index is 622. The standard InChI is InChI=1S/C16H15NO2/c1-11-6-7-16(15(9-18)17-11)19-10-13-8-12-4-2-3-5-14(12)13/h2-7,9,13H,8,10H2,1H3. The van der Waals surface area contributed by atoms with Gasteiger partial charge in [-0.1, -0.05) is 24.3 Å². The molecule has 0 spiro atoms. The van der Waals surface area contributed by atoms with Gasteiger partial charge in [-0.25, -0.2) is 4.98 Å². The second kappa shape index (κ2) is 4.84. The third-order valence-corrected chi connectivity index (χ3v) is 3.54. The number of aryl methyl sites for hydroxylation is 1. The average Bonchev–Trinajstić information content (AvgIpc) is 2.41. The zero-order valence-electron chi connectivity index (χ0n) is 10.8. The molecule has 1 unspecified atom stereocenters. The van der Waals surface area contributed by atoms with Crippen molar-refractivity contribution in [2.24, 2.45) is 0 Å². The number of nitrogens with zero attached hydrogens (tertiary/aromatic N) is 1. The van der Waals surface area contributed by atoms with Crippen LogP contribution in [0.4, 0.5) is 0 Å². The van der Waals surface area contributed by atoms with Crippen LogP contribution in [0.3, 0.4) is 0 Å². The molecule has 0 saturated carbocycles. The quantitative estimate of drug-likeness (QED) is 0.786. The summed E-state index contributed by atoms with van der Waals surface area (Å²) >= 11 is 0. The molecule has 1 aromatic heterocycles. The number of pyridine rings is 1. The van der Waals surface area contributed by atoms with Crippen molar-refractivity contribution in [2.45, 2.75) is 19.3 Å². The highest BCUT2D eigenvalue weighted by Gasteiger charge is 2.26. The van der Waals surface area contributed by atoms with Crippen LogP contribution in [0.15, 0.2) is 36.4 Å². The fraction of sp³-hybridized carbons (Fsp3) is 0.250. The summed E-state index contributed by atoms with van der Waals surface area (Å²) in [5, 5.41) is 0. The van der Waals surface area contributed by atoms with Gasteiger partial charge < -0.3 is 4.74 Å². The van der Waals surface area contributed by atoms with E-state index in [0.29, 0.717) is 24.0 Å². The minimum atomic E-state index is 0.382. The molecule has 3 rings (SSSR count). The molecule has 0 radical (unpaired) electrons. The zero-order valence-corrected chi connectivity index (χ0v) is 10.8. The number of hydrogen-bond acceptors (Lipinski definition) is 3. The highest BCUT2D eigenvalue weighted by Crippen LogP contribution is 2.35. The van der Waals surface area contributed by atoms with Gasteiger partial charge in [-0.3, -0.25) is 4.79 Å². The average molecular weight is 253 g/mol. The summed E-state index contributed by atoms with van der Waals surface area (Å²) in [4.78, 5) is 15.1. The van der Waals surface area contributed by atoms with E-state index in [2.05, 4.69) is 29.2 Å². The Labute approximate surface area is 112 Å². The lowest BCUT2D eigenvalue weighted by Gasteiger charge is -2.29. The first kappa shape index (κ1) is 11.9. The van der Waals surface area contributed by atoms with E-state index in [0.717, 1.165) is 18.4 Å². The second-order valence-corrected chi connectivity index (χ2v) is 4.86. The number of rotatable bonds is 4. The van der Waals surface area contributed by atoms with Crippen molar-refractivity contribution < 1.29 is 9.53 Å². The lowest BCUT2D eigenvalue weighted by Crippen LogP contribution is -2.23. The smallest absolute Gasteiger partial charge is 0.172 e. The SMILES string of the molecule is Cc1ccc(OCC2Cc3ccccc32)c(C=O)n1. The summed E-state index contributed by atoms with van der Waals surface area (Å²) in [6.07, 6.45) is 1.79. The lowest BCUT2D eigenvalue weighted by molar-refractivity contribution is 0.111. The Hall–Kier alpha value is -2.16. The molecule has 3 heteroatoms. The molecule has 0 bridgehead atoms. The van der Waals surface area contributed by atoms with Crippen LogP contribution in [0.1, 0.15) is 33.2 Å². The molecule has 1 aliphatic rings. The number of carbonyl (C=O) groups is 1. The van der Waals surface area contributed by atoms with Crippen molar-refractivity contribution in [2.75, 3.05) is 6.61 Å². The first-order valence-electron chi connectivity index (χ1n) is 6.41. The number of hydrogen-bond donors (Lipinski definition) is 0. The van der Waals surface area contributed by atoms with Gasteiger partial charge in [0.15, 0.2) is 6.29 Å². The van der Waals surface area contributed by atoms with Crippen LogP contribution >= 0.6 is 0 Å². The number of aldehydes is 1. The molecular formula is C16H15NO2. The highest BCUT2D eigenvalue weighted by atomic mass is 16.5. The van der Waals surface area contributed by atoms with Crippen molar-refractivity contribution in [3.05, 3.63) is 58.9 Å². The van der Waals surface area contributed by atoms with Gasteiger partial charge in [0, 0.05) is 11.6 Å². The van der Waals surface area contributed by atoms with Gasteiger partial charge in [-0.2, -0.15) is 0 Å². The van der Waals surface area contributed by atoms with Crippen molar-refractivity contribution in [1.29, 1.82) is 0 Å². The molecular weight excluding hydrogens is 238 g/mol. The Morgan fingerprint density at radius 3 is 2.95 bits per heavy atom. The molecule has 1 atom stereocenters. The molecule has 1 heterocycles. The predicted molar refractivity (Wildman–Crippen MR) is 72.7 cm³/mol. The fourth-order valence-electron chi connectivity index (χ4n) is 2.47. The maximum atomic E-state index is 11.0. The van der Waals surface area contributed by atoms with Gasteiger partial charge in [0.05, 0.1) is 6.61 Å². The highest BCUT2D eigenvalue weighted by molar-refractivity contribution is 5.76. The maximum Gasteiger partial charge on any atom is 0.172 e. The molecule has 1 aliphatic carbocycles. The molecule has 3 nitrogen and oxygen atoms in total. The maximum absolute atomic E-state index is 11.0. The number of aromatic nitrogens is 1. The number of carbonyl (C=O) groups excluding carboxylic acids is 1. The largest absolute Gasteiger partial charge is 0.491 e. The minimum Gasteiger partial charge on any atom is -0.491 e. The summed E-state index contributed by atoms with van der Waals surface area (Å²) < 4.78 is 5.75. The van der Waals surface area contributed by atoms with E-state index in [1.54, 1.807) is 0 Å². The van der Waals surface area contributed by atoms with Crippen LogP contribution in [0.25, 0.3) is 0 Å². The second-order valence-electron chi connectivity index (χ2n) is 4.86. The summed E-state index contributed by atoms with van der Waals surface area (Å²) in [6, 6.07) is 12.1. The number of fused-ring (bicyclic) bond motifs is 1.